The van der Waals surface area contributed by atoms with Gasteiger partial charge in [0.05, 0.1) is 11.4 Å². The number of sulfonamides is 1. The second-order valence-corrected chi connectivity index (χ2v) is 6.74. The van der Waals surface area contributed by atoms with E-state index < -0.39 is 10.0 Å². The quantitative estimate of drug-likeness (QED) is 0.802. The molecule has 1 aliphatic heterocycles. The highest BCUT2D eigenvalue weighted by Gasteiger charge is 2.26. The lowest BCUT2D eigenvalue weighted by atomic mass is 10.2. The highest BCUT2D eigenvalue weighted by molar-refractivity contribution is 7.90. The summed E-state index contributed by atoms with van der Waals surface area (Å²) in [6.45, 7) is 3.81. The average molecular weight is 272 g/mol. The molecular weight excluding hydrogens is 252 g/mol. The van der Waals surface area contributed by atoms with E-state index in [1.165, 1.54) is 0 Å². The molecule has 1 fully saturated rings. The van der Waals surface area contributed by atoms with Crippen LogP contribution in [0.4, 0.5) is 0 Å². The van der Waals surface area contributed by atoms with Crippen molar-refractivity contribution in [2.45, 2.75) is 31.6 Å². The van der Waals surface area contributed by atoms with Crippen molar-refractivity contribution >= 4 is 10.0 Å². The standard InChI is InChI=1S/C11H20N4O2S/c1-9-10(7-13-15(9)2)8-14-18(16,17)11-3-5-12-6-4-11/h7,11-12,14H,3-6,8H2,1-2H3. The fraction of sp³-hybridized carbons (Fsp3) is 0.727. The number of hydrogen-bond acceptors (Lipinski definition) is 4. The van der Waals surface area contributed by atoms with Crippen LogP contribution in [0.15, 0.2) is 6.20 Å². The molecule has 1 saturated heterocycles. The van der Waals surface area contributed by atoms with Crippen LogP contribution in [0.25, 0.3) is 0 Å². The number of aromatic nitrogens is 2. The van der Waals surface area contributed by atoms with Crippen molar-refractivity contribution in [2.75, 3.05) is 13.1 Å². The van der Waals surface area contributed by atoms with Crippen molar-refractivity contribution in [3.63, 3.8) is 0 Å². The summed E-state index contributed by atoms with van der Waals surface area (Å²) < 4.78 is 28.7. The molecule has 0 aliphatic carbocycles. The van der Waals surface area contributed by atoms with Gasteiger partial charge in [0.25, 0.3) is 0 Å². The van der Waals surface area contributed by atoms with Crippen molar-refractivity contribution in [1.82, 2.24) is 19.8 Å². The zero-order chi connectivity index (χ0) is 13.2. The lowest BCUT2D eigenvalue weighted by Crippen LogP contribution is -2.41. The van der Waals surface area contributed by atoms with E-state index in [1.807, 2.05) is 14.0 Å². The Morgan fingerprint density at radius 2 is 2.17 bits per heavy atom. The summed E-state index contributed by atoms with van der Waals surface area (Å²) in [5.41, 5.74) is 1.91. The van der Waals surface area contributed by atoms with Crippen LogP contribution in [0.1, 0.15) is 24.1 Å². The molecule has 1 aliphatic rings. The van der Waals surface area contributed by atoms with Crippen molar-refractivity contribution in [3.8, 4) is 0 Å². The second kappa shape index (κ2) is 5.38. The van der Waals surface area contributed by atoms with Crippen molar-refractivity contribution in [2.24, 2.45) is 7.05 Å². The van der Waals surface area contributed by atoms with Gasteiger partial charge in [-0.05, 0) is 32.9 Å². The third-order valence-corrected chi connectivity index (χ3v) is 5.42. The minimum absolute atomic E-state index is 0.268. The molecule has 0 bridgehead atoms. The molecule has 0 radical (unpaired) electrons. The van der Waals surface area contributed by atoms with Gasteiger partial charge in [0.1, 0.15) is 0 Å². The number of nitrogens with one attached hydrogen (secondary N) is 2. The van der Waals surface area contributed by atoms with Crippen LogP contribution in [0.2, 0.25) is 0 Å². The van der Waals surface area contributed by atoms with Crippen LogP contribution in [-0.4, -0.2) is 36.5 Å². The Morgan fingerprint density at radius 1 is 1.50 bits per heavy atom. The highest BCUT2D eigenvalue weighted by Crippen LogP contribution is 2.13. The molecule has 7 heteroatoms. The van der Waals surface area contributed by atoms with E-state index in [1.54, 1.807) is 10.9 Å². The Labute approximate surface area is 108 Å². The molecule has 2 N–H and O–H groups in total. The first-order valence-corrected chi connectivity index (χ1v) is 7.72. The van der Waals surface area contributed by atoms with Gasteiger partial charge in [-0.1, -0.05) is 0 Å². The van der Waals surface area contributed by atoms with Crippen LogP contribution in [0.5, 0.6) is 0 Å². The van der Waals surface area contributed by atoms with Crippen LogP contribution in [-0.2, 0) is 23.6 Å². The molecule has 1 aromatic heterocycles. The van der Waals surface area contributed by atoms with Crippen molar-refractivity contribution in [1.29, 1.82) is 0 Å². The number of hydrogen-bond donors (Lipinski definition) is 2. The third kappa shape index (κ3) is 2.90. The summed E-state index contributed by atoms with van der Waals surface area (Å²) in [5, 5.41) is 7.00. The van der Waals surface area contributed by atoms with Gasteiger partial charge in [-0.3, -0.25) is 4.68 Å². The Morgan fingerprint density at radius 3 is 2.72 bits per heavy atom. The largest absolute Gasteiger partial charge is 0.317 e. The molecule has 0 saturated carbocycles. The molecule has 102 valence electrons. The predicted octanol–water partition coefficient (Wildman–Crippen LogP) is -0.100. The summed E-state index contributed by atoms with van der Waals surface area (Å²) in [7, 11) is -1.37. The maximum absolute atomic E-state index is 12.1. The van der Waals surface area contributed by atoms with Gasteiger partial charge < -0.3 is 5.32 Å². The van der Waals surface area contributed by atoms with E-state index in [-0.39, 0.29) is 5.25 Å². The summed E-state index contributed by atoms with van der Waals surface area (Å²) in [6, 6.07) is 0. The van der Waals surface area contributed by atoms with E-state index in [2.05, 4.69) is 15.1 Å². The maximum Gasteiger partial charge on any atom is 0.214 e. The van der Waals surface area contributed by atoms with E-state index in [0.717, 1.165) is 24.3 Å². The van der Waals surface area contributed by atoms with Crippen molar-refractivity contribution in [3.05, 3.63) is 17.5 Å². The molecule has 2 rings (SSSR count). The zero-order valence-corrected chi connectivity index (χ0v) is 11.6. The smallest absolute Gasteiger partial charge is 0.214 e. The molecular formula is C11H20N4O2S. The predicted molar refractivity (Wildman–Crippen MR) is 69.6 cm³/mol. The topological polar surface area (TPSA) is 76.0 Å². The van der Waals surface area contributed by atoms with Gasteiger partial charge in [-0.15, -0.1) is 0 Å². The minimum Gasteiger partial charge on any atom is -0.317 e. The van der Waals surface area contributed by atoms with E-state index in [4.69, 9.17) is 0 Å². The van der Waals surface area contributed by atoms with Gasteiger partial charge >= 0.3 is 0 Å². The molecule has 2 heterocycles. The third-order valence-electron chi connectivity index (χ3n) is 3.53. The molecule has 6 nitrogen and oxygen atoms in total. The lowest BCUT2D eigenvalue weighted by Gasteiger charge is -2.22. The minimum atomic E-state index is -3.22. The fourth-order valence-corrected chi connectivity index (χ4v) is 3.57. The first kappa shape index (κ1) is 13.5. The number of rotatable bonds is 4. The lowest BCUT2D eigenvalue weighted by molar-refractivity contribution is 0.489. The van der Waals surface area contributed by atoms with Gasteiger partial charge in [0, 0.05) is 24.8 Å². The molecule has 0 unspecified atom stereocenters. The first-order chi connectivity index (χ1) is 8.50. The Bertz CT molecular complexity index is 503. The van der Waals surface area contributed by atoms with E-state index >= 15 is 0 Å². The maximum atomic E-state index is 12.1. The number of piperidine rings is 1. The van der Waals surface area contributed by atoms with Crippen LogP contribution in [0.3, 0.4) is 0 Å². The molecule has 0 aromatic carbocycles. The van der Waals surface area contributed by atoms with Crippen molar-refractivity contribution < 1.29 is 8.42 Å². The molecule has 1 aromatic rings. The summed E-state index contributed by atoms with van der Waals surface area (Å²) >= 11 is 0. The number of aryl methyl sites for hydroxylation is 1. The Kier molecular flexibility index (Phi) is 4.04. The monoisotopic (exact) mass is 272 g/mol. The van der Waals surface area contributed by atoms with Crippen LogP contribution in [0, 0.1) is 6.92 Å². The summed E-state index contributed by atoms with van der Waals surface area (Å²) in [6.07, 6.45) is 3.07. The fourth-order valence-electron chi connectivity index (χ4n) is 2.12. The molecule has 0 spiro atoms. The van der Waals surface area contributed by atoms with Crippen LogP contribution >= 0.6 is 0 Å². The Balaban J connectivity index is 1.98. The molecule has 18 heavy (non-hydrogen) atoms. The number of nitrogens with zero attached hydrogens (tertiary/aromatic N) is 2. The zero-order valence-electron chi connectivity index (χ0n) is 10.8. The first-order valence-electron chi connectivity index (χ1n) is 6.17. The van der Waals surface area contributed by atoms with E-state index in [9.17, 15) is 8.42 Å². The highest BCUT2D eigenvalue weighted by atomic mass is 32.2. The molecule has 0 amide bonds. The van der Waals surface area contributed by atoms with Gasteiger partial charge in [-0.2, -0.15) is 5.10 Å². The molecule has 0 atom stereocenters. The van der Waals surface area contributed by atoms with E-state index in [0.29, 0.717) is 19.4 Å². The summed E-state index contributed by atoms with van der Waals surface area (Å²) in [4.78, 5) is 0. The average Bonchev–Trinajstić information content (AvgIpc) is 2.69. The Hall–Kier alpha value is -0.920. The summed E-state index contributed by atoms with van der Waals surface area (Å²) in [5.74, 6) is 0. The van der Waals surface area contributed by atoms with Crippen LogP contribution < -0.4 is 10.0 Å². The van der Waals surface area contributed by atoms with Gasteiger partial charge in [0.2, 0.25) is 10.0 Å². The second-order valence-electron chi connectivity index (χ2n) is 4.69. The van der Waals surface area contributed by atoms with Gasteiger partial charge in [-0.25, -0.2) is 13.1 Å². The normalized spacial score (nSPS) is 18.1. The SMILES string of the molecule is Cc1c(CNS(=O)(=O)C2CCNCC2)cnn1C. The van der Waals surface area contributed by atoms with Gasteiger partial charge in [0.15, 0.2) is 0 Å².